The van der Waals surface area contributed by atoms with E-state index in [9.17, 15) is 4.79 Å². The molecule has 5 heteroatoms. The molecule has 0 atom stereocenters. The van der Waals surface area contributed by atoms with Gasteiger partial charge in [-0.05, 0) is 40.2 Å². The van der Waals surface area contributed by atoms with E-state index in [1.54, 1.807) is 18.5 Å². The Balaban J connectivity index is 2.37. The number of nitrogens with zero attached hydrogens (tertiary/aromatic N) is 3. The highest BCUT2D eigenvalue weighted by atomic mass is 79.9. The van der Waals surface area contributed by atoms with Gasteiger partial charge in [0.25, 0.3) is 5.56 Å². The predicted molar refractivity (Wildman–Crippen MR) is 72.8 cm³/mol. The van der Waals surface area contributed by atoms with Crippen molar-refractivity contribution >= 4 is 26.8 Å². The summed E-state index contributed by atoms with van der Waals surface area (Å²) < 4.78 is 2.23. The van der Waals surface area contributed by atoms with Crippen molar-refractivity contribution in [3.63, 3.8) is 0 Å². The summed E-state index contributed by atoms with van der Waals surface area (Å²) in [6, 6.07) is 9.10. The molecule has 0 aliphatic rings. The molecule has 18 heavy (non-hydrogen) atoms. The molecule has 0 spiro atoms. The lowest BCUT2D eigenvalue weighted by Crippen LogP contribution is -2.19. The van der Waals surface area contributed by atoms with Crippen molar-refractivity contribution in [3.8, 4) is 5.69 Å². The van der Waals surface area contributed by atoms with Crippen LogP contribution in [0.3, 0.4) is 0 Å². The highest BCUT2D eigenvalue weighted by Gasteiger charge is 2.08. The van der Waals surface area contributed by atoms with E-state index in [-0.39, 0.29) is 5.56 Å². The Morgan fingerprint density at radius 2 is 2.06 bits per heavy atom. The third kappa shape index (κ3) is 1.73. The number of halogens is 1. The average molecular weight is 302 g/mol. The van der Waals surface area contributed by atoms with Crippen LogP contribution in [0.25, 0.3) is 16.6 Å². The molecule has 0 amide bonds. The van der Waals surface area contributed by atoms with Gasteiger partial charge in [0.2, 0.25) is 0 Å². The molecule has 3 aromatic rings. The Morgan fingerprint density at radius 3 is 2.83 bits per heavy atom. The number of hydrogen-bond acceptors (Lipinski definition) is 3. The van der Waals surface area contributed by atoms with Crippen molar-refractivity contribution < 1.29 is 0 Å². The number of pyridine rings is 1. The maximum atomic E-state index is 12.4. The molecule has 3 rings (SSSR count). The van der Waals surface area contributed by atoms with Crippen molar-refractivity contribution in [1.82, 2.24) is 14.5 Å². The van der Waals surface area contributed by atoms with Crippen LogP contribution >= 0.6 is 15.9 Å². The van der Waals surface area contributed by atoms with Crippen LogP contribution in [0.5, 0.6) is 0 Å². The molecule has 0 saturated heterocycles. The number of rotatable bonds is 1. The zero-order chi connectivity index (χ0) is 12.5. The van der Waals surface area contributed by atoms with Gasteiger partial charge in [-0.1, -0.05) is 6.07 Å². The molecule has 2 heterocycles. The Bertz CT molecular complexity index is 768. The summed E-state index contributed by atoms with van der Waals surface area (Å²) in [5, 5.41) is 0.573. The van der Waals surface area contributed by atoms with Gasteiger partial charge in [-0.15, -0.1) is 0 Å². The number of aromatic nitrogens is 3. The van der Waals surface area contributed by atoms with Crippen molar-refractivity contribution in [2.75, 3.05) is 0 Å². The molecule has 2 aromatic heterocycles. The van der Waals surface area contributed by atoms with E-state index < -0.39 is 0 Å². The smallest absolute Gasteiger partial charge is 0.266 e. The topological polar surface area (TPSA) is 47.8 Å². The van der Waals surface area contributed by atoms with E-state index in [1.165, 1.54) is 10.9 Å². The third-order valence-corrected chi connectivity index (χ3v) is 3.32. The second-order valence-electron chi connectivity index (χ2n) is 3.76. The lowest BCUT2D eigenvalue weighted by Gasteiger charge is -2.06. The van der Waals surface area contributed by atoms with Crippen molar-refractivity contribution in [3.05, 3.63) is 63.9 Å². The minimum Gasteiger partial charge on any atom is -0.268 e. The summed E-state index contributed by atoms with van der Waals surface area (Å²) in [6.07, 6.45) is 4.82. The number of fused-ring (bicyclic) bond motifs is 1. The van der Waals surface area contributed by atoms with Gasteiger partial charge in [-0.3, -0.25) is 14.3 Å². The number of benzene rings is 1. The lowest BCUT2D eigenvalue weighted by atomic mass is 10.2. The van der Waals surface area contributed by atoms with Gasteiger partial charge >= 0.3 is 0 Å². The van der Waals surface area contributed by atoms with Gasteiger partial charge < -0.3 is 0 Å². The van der Waals surface area contributed by atoms with E-state index in [1.807, 2.05) is 24.3 Å². The minimum atomic E-state index is -0.111. The largest absolute Gasteiger partial charge is 0.268 e. The SMILES string of the molecule is O=c1c2c(Br)cccc2ncn1-c1cccnc1. The molecule has 0 bridgehead atoms. The van der Waals surface area contributed by atoms with Crippen molar-refractivity contribution in [2.24, 2.45) is 0 Å². The van der Waals surface area contributed by atoms with E-state index in [0.29, 0.717) is 16.6 Å². The maximum Gasteiger partial charge on any atom is 0.266 e. The van der Waals surface area contributed by atoms with Crippen LogP contribution in [0.1, 0.15) is 0 Å². The fourth-order valence-corrected chi connectivity index (χ4v) is 2.33. The first-order valence-corrected chi connectivity index (χ1v) is 6.13. The lowest BCUT2D eigenvalue weighted by molar-refractivity contribution is 0.952. The second kappa shape index (κ2) is 4.34. The van der Waals surface area contributed by atoms with E-state index in [0.717, 1.165) is 4.47 Å². The first-order chi connectivity index (χ1) is 8.77. The van der Waals surface area contributed by atoms with E-state index in [2.05, 4.69) is 25.9 Å². The molecule has 0 fully saturated rings. The van der Waals surface area contributed by atoms with Crippen LogP contribution in [0, 0.1) is 0 Å². The molecule has 0 unspecified atom stereocenters. The van der Waals surface area contributed by atoms with Crippen LogP contribution in [0.2, 0.25) is 0 Å². The van der Waals surface area contributed by atoms with E-state index >= 15 is 0 Å². The van der Waals surface area contributed by atoms with Gasteiger partial charge in [-0.25, -0.2) is 4.98 Å². The molecule has 0 N–H and O–H groups in total. The Kier molecular flexibility index (Phi) is 2.68. The summed E-state index contributed by atoms with van der Waals surface area (Å²) in [7, 11) is 0. The van der Waals surface area contributed by atoms with Crippen LogP contribution in [0.4, 0.5) is 0 Å². The van der Waals surface area contributed by atoms with Crippen LogP contribution in [-0.2, 0) is 0 Å². The fourth-order valence-electron chi connectivity index (χ4n) is 1.81. The first kappa shape index (κ1) is 11.1. The zero-order valence-corrected chi connectivity index (χ0v) is 10.8. The Labute approximate surface area is 111 Å². The van der Waals surface area contributed by atoms with Crippen LogP contribution in [0.15, 0.2) is 58.3 Å². The zero-order valence-electron chi connectivity index (χ0n) is 9.25. The van der Waals surface area contributed by atoms with Crippen molar-refractivity contribution in [1.29, 1.82) is 0 Å². The first-order valence-electron chi connectivity index (χ1n) is 5.33. The molecule has 0 radical (unpaired) electrons. The predicted octanol–water partition coefficient (Wildman–Crippen LogP) is 2.54. The van der Waals surface area contributed by atoms with Gasteiger partial charge in [-0.2, -0.15) is 0 Å². The second-order valence-corrected chi connectivity index (χ2v) is 4.62. The molecule has 4 nitrogen and oxygen atoms in total. The molecule has 0 aliphatic heterocycles. The molecule has 1 aromatic carbocycles. The Hall–Kier alpha value is -2.01. The molecular formula is C13H8BrN3O. The summed E-state index contributed by atoms with van der Waals surface area (Å²) in [5.41, 5.74) is 1.27. The minimum absolute atomic E-state index is 0.111. The fraction of sp³-hybridized carbons (Fsp3) is 0. The quantitative estimate of drug-likeness (QED) is 0.694. The average Bonchev–Trinajstić information content (AvgIpc) is 2.40. The third-order valence-electron chi connectivity index (χ3n) is 2.66. The summed E-state index contributed by atoms with van der Waals surface area (Å²) in [5.74, 6) is 0. The highest BCUT2D eigenvalue weighted by Crippen LogP contribution is 2.19. The number of hydrogen-bond donors (Lipinski definition) is 0. The summed E-state index contributed by atoms with van der Waals surface area (Å²) >= 11 is 3.39. The molecule has 0 saturated carbocycles. The maximum absolute atomic E-state index is 12.4. The molecular weight excluding hydrogens is 294 g/mol. The van der Waals surface area contributed by atoms with Crippen LogP contribution < -0.4 is 5.56 Å². The molecule has 0 aliphatic carbocycles. The Morgan fingerprint density at radius 1 is 1.17 bits per heavy atom. The normalized spacial score (nSPS) is 10.7. The van der Waals surface area contributed by atoms with Crippen molar-refractivity contribution in [2.45, 2.75) is 0 Å². The standard InChI is InChI=1S/C13H8BrN3O/c14-10-4-1-5-11-12(10)13(18)17(8-16-11)9-3-2-6-15-7-9/h1-8H. The van der Waals surface area contributed by atoms with Gasteiger partial charge in [0.15, 0.2) is 0 Å². The monoisotopic (exact) mass is 301 g/mol. The summed E-state index contributed by atoms with van der Waals surface area (Å²) in [4.78, 5) is 20.7. The molecule has 88 valence electrons. The van der Waals surface area contributed by atoms with Gasteiger partial charge in [0.1, 0.15) is 6.33 Å². The summed E-state index contributed by atoms with van der Waals surface area (Å²) in [6.45, 7) is 0. The van der Waals surface area contributed by atoms with Crippen LogP contribution in [-0.4, -0.2) is 14.5 Å². The van der Waals surface area contributed by atoms with E-state index in [4.69, 9.17) is 0 Å². The van der Waals surface area contributed by atoms with Gasteiger partial charge in [0, 0.05) is 10.7 Å². The van der Waals surface area contributed by atoms with Gasteiger partial charge in [0.05, 0.1) is 22.8 Å². The highest BCUT2D eigenvalue weighted by molar-refractivity contribution is 9.10.